The lowest BCUT2D eigenvalue weighted by atomic mass is 10.2. The Morgan fingerprint density at radius 1 is 1.24 bits per heavy atom. The predicted molar refractivity (Wildman–Crippen MR) is 54.9 cm³/mol. The molecule has 0 radical (unpaired) electrons. The van der Waals surface area contributed by atoms with Gasteiger partial charge in [0, 0.05) is 0 Å². The normalized spacial score (nSPS) is 11.6. The van der Waals surface area contributed by atoms with Crippen molar-refractivity contribution >= 4 is 11.6 Å². The number of aliphatic hydroxyl groups excluding tert-OH is 1. The third-order valence-corrected chi connectivity index (χ3v) is 2.08. The molecule has 1 aromatic rings. The van der Waals surface area contributed by atoms with Crippen LogP contribution >= 0.6 is 11.6 Å². The molecule has 0 atom stereocenters. The Morgan fingerprint density at radius 2 is 1.94 bits per heavy atom. The van der Waals surface area contributed by atoms with Crippen LogP contribution in [0, 0.1) is 0 Å². The molecule has 0 fully saturated rings. The van der Waals surface area contributed by atoms with Crippen LogP contribution in [0.25, 0.3) is 0 Å². The first-order valence-electron chi connectivity index (χ1n) is 4.65. The van der Waals surface area contributed by atoms with E-state index >= 15 is 0 Å². The summed E-state index contributed by atoms with van der Waals surface area (Å²) in [6.45, 7) is -1.05. The molecule has 0 aliphatic heterocycles. The summed E-state index contributed by atoms with van der Waals surface area (Å²) < 4.78 is 43.4. The Morgan fingerprint density at radius 3 is 2.47 bits per heavy atom. The van der Waals surface area contributed by atoms with Crippen LogP contribution in [-0.4, -0.2) is 24.7 Å². The van der Waals surface area contributed by atoms with Gasteiger partial charge < -0.3 is 9.84 Å². The predicted octanol–water partition coefficient (Wildman–Crippen LogP) is 2.75. The first-order valence-corrected chi connectivity index (χ1v) is 5.03. The van der Waals surface area contributed by atoms with Crippen LogP contribution < -0.4 is 4.74 Å². The van der Waals surface area contributed by atoms with Gasteiger partial charge in [-0.3, -0.25) is 4.74 Å². The van der Waals surface area contributed by atoms with Crippen LogP contribution in [0.15, 0.2) is 18.2 Å². The lowest BCUT2D eigenvalue weighted by molar-refractivity contribution is -0.325. The summed E-state index contributed by atoms with van der Waals surface area (Å²) in [6, 6.07) is 4.51. The molecule has 0 amide bonds. The van der Waals surface area contributed by atoms with Gasteiger partial charge in [-0.15, -0.1) is 13.2 Å². The van der Waals surface area contributed by atoms with Gasteiger partial charge in [0.15, 0.2) is 0 Å². The summed E-state index contributed by atoms with van der Waals surface area (Å²) in [7, 11) is 0. The fourth-order valence-corrected chi connectivity index (χ4v) is 1.33. The van der Waals surface area contributed by atoms with Gasteiger partial charge in [-0.25, -0.2) is 0 Å². The summed E-state index contributed by atoms with van der Waals surface area (Å²) >= 11 is 5.78. The molecule has 1 N–H and O–H groups in total. The van der Waals surface area contributed by atoms with Crippen LogP contribution in [0.5, 0.6) is 5.75 Å². The molecule has 0 saturated carbocycles. The number of ether oxygens (including phenoxy) is 2. The molecule has 96 valence electrons. The Balaban J connectivity index is 2.42. The van der Waals surface area contributed by atoms with Gasteiger partial charge in [0.25, 0.3) is 0 Å². The largest absolute Gasteiger partial charge is 0.522 e. The van der Waals surface area contributed by atoms with E-state index in [0.29, 0.717) is 5.56 Å². The summed E-state index contributed by atoms with van der Waals surface area (Å²) in [4.78, 5) is 0. The standard InChI is InChI=1S/C10H10ClF3O3/c11-8-5-7(6-15)1-2-9(8)16-3-4-17-10(12,13)14/h1-2,5,15H,3-4,6H2. The minimum atomic E-state index is -4.66. The monoisotopic (exact) mass is 270 g/mol. The van der Waals surface area contributed by atoms with E-state index in [4.69, 9.17) is 21.4 Å². The molecule has 0 bridgehead atoms. The van der Waals surface area contributed by atoms with Crippen LogP contribution in [0.4, 0.5) is 13.2 Å². The van der Waals surface area contributed by atoms with E-state index in [0.717, 1.165) is 0 Å². The minimum Gasteiger partial charge on any atom is -0.490 e. The second kappa shape index (κ2) is 6.09. The first-order chi connectivity index (χ1) is 7.92. The number of hydrogen-bond donors (Lipinski definition) is 1. The van der Waals surface area contributed by atoms with E-state index in [-0.39, 0.29) is 24.0 Å². The zero-order valence-electron chi connectivity index (χ0n) is 8.63. The van der Waals surface area contributed by atoms with Crippen molar-refractivity contribution in [2.75, 3.05) is 13.2 Å². The van der Waals surface area contributed by atoms with Gasteiger partial charge in [0.05, 0.1) is 18.2 Å². The van der Waals surface area contributed by atoms with Crippen molar-refractivity contribution in [1.29, 1.82) is 0 Å². The van der Waals surface area contributed by atoms with Crippen molar-refractivity contribution in [3.63, 3.8) is 0 Å². The highest BCUT2D eigenvalue weighted by molar-refractivity contribution is 6.32. The second-order valence-corrected chi connectivity index (χ2v) is 3.47. The zero-order valence-corrected chi connectivity index (χ0v) is 9.38. The Labute approximate surface area is 101 Å². The fourth-order valence-electron chi connectivity index (χ4n) is 1.07. The second-order valence-electron chi connectivity index (χ2n) is 3.07. The first kappa shape index (κ1) is 14.1. The Hall–Kier alpha value is -0.980. The smallest absolute Gasteiger partial charge is 0.490 e. The van der Waals surface area contributed by atoms with E-state index in [9.17, 15) is 13.2 Å². The van der Waals surface area contributed by atoms with Crippen LogP contribution in [0.2, 0.25) is 5.02 Å². The van der Waals surface area contributed by atoms with E-state index in [2.05, 4.69) is 4.74 Å². The van der Waals surface area contributed by atoms with Crippen LogP contribution in [0.1, 0.15) is 5.56 Å². The minimum absolute atomic E-state index is 0.169. The van der Waals surface area contributed by atoms with Gasteiger partial charge in [0.1, 0.15) is 12.4 Å². The number of aliphatic hydroxyl groups is 1. The molecule has 0 aromatic heterocycles. The maximum atomic E-state index is 11.6. The van der Waals surface area contributed by atoms with Crippen molar-refractivity contribution in [2.45, 2.75) is 13.0 Å². The van der Waals surface area contributed by atoms with Gasteiger partial charge in [-0.1, -0.05) is 17.7 Å². The molecule has 0 unspecified atom stereocenters. The fraction of sp³-hybridized carbons (Fsp3) is 0.400. The average molecular weight is 271 g/mol. The maximum Gasteiger partial charge on any atom is 0.522 e. The van der Waals surface area contributed by atoms with Crippen molar-refractivity contribution < 1.29 is 27.8 Å². The topological polar surface area (TPSA) is 38.7 Å². The van der Waals surface area contributed by atoms with Crippen molar-refractivity contribution in [2.24, 2.45) is 0 Å². The zero-order chi connectivity index (χ0) is 12.9. The number of benzene rings is 1. The molecule has 7 heteroatoms. The highest BCUT2D eigenvalue weighted by Gasteiger charge is 2.28. The molecular formula is C10H10ClF3O3. The molecule has 0 spiro atoms. The van der Waals surface area contributed by atoms with Crippen LogP contribution in [-0.2, 0) is 11.3 Å². The molecular weight excluding hydrogens is 261 g/mol. The summed E-state index contributed by atoms with van der Waals surface area (Å²) in [5.41, 5.74) is 0.592. The number of halogens is 4. The maximum absolute atomic E-state index is 11.6. The summed E-state index contributed by atoms with van der Waals surface area (Å²) in [5, 5.41) is 9.04. The van der Waals surface area contributed by atoms with Crippen molar-refractivity contribution in [1.82, 2.24) is 0 Å². The van der Waals surface area contributed by atoms with Gasteiger partial charge in [-0.2, -0.15) is 0 Å². The molecule has 17 heavy (non-hydrogen) atoms. The highest BCUT2D eigenvalue weighted by Crippen LogP contribution is 2.25. The number of rotatable bonds is 5. The molecule has 3 nitrogen and oxygen atoms in total. The quantitative estimate of drug-likeness (QED) is 0.836. The van der Waals surface area contributed by atoms with E-state index < -0.39 is 13.0 Å². The van der Waals surface area contributed by atoms with E-state index in [1.807, 2.05) is 0 Å². The molecule has 0 heterocycles. The molecule has 1 rings (SSSR count). The lowest BCUT2D eigenvalue weighted by Crippen LogP contribution is -2.18. The van der Waals surface area contributed by atoms with Crippen molar-refractivity contribution in [3.05, 3.63) is 28.8 Å². The Bertz CT molecular complexity index is 368. The van der Waals surface area contributed by atoms with Gasteiger partial charge in [-0.05, 0) is 17.7 Å². The molecule has 0 aliphatic carbocycles. The van der Waals surface area contributed by atoms with E-state index in [1.54, 1.807) is 6.07 Å². The summed E-state index contributed by atoms with van der Waals surface area (Å²) in [6.07, 6.45) is -4.66. The van der Waals surface area contributed by atoms with Gasteiger partial charge in [0.2, 0.25) is 0 Å². The summed E-state index contributed by atoms with van der Waals surface area (Å²) in [5.74, 6) is 0.245. The number of hydrogen-bond acceptors (Lipinski definition) is 3. The SMILES string of the molecule is OCc1ccc(OCCOC(F)(F)F)c(Cl)c1. The highest BCUT2D eigenvalue weighted by atomic mass is 35.5. The third-order valence-electron chi connectivity index (χ3n) is 1.79. The number of alkyl halides is 3. The molecule has 0 aliphatic rings. The Kier molecular flexibility index (Phi) is 5.04. The molecule has 1 aromatic carbocycles. The van der Waals surface area contributed by atoms with Crippen LogP contribution in [0.3, 0.4) is 0 Å². The van der Waals surface area contributed by atoms with Crippen molar-refractivity contribution in [3.8, 4) is 5.75 Å². The van der Waals surface area contributed by atoms with Gasteiger partial charge >= 0.3 is 6.36 Å². The third kappa shape index (κ3) is 5.25. The molecule has 0 saturated heterocycles. The lowest BCUT2D eigenvalue weighted by Gasteiger charge is -2.10. The average Bonchev–Trinajstić information content (AvgIpc) is 2.24. The van der Waals surface area contributed by atoms with E-state index in [1.165, 1.54) is 12.1 Å².